The summed E-state index contributed by atoms with van der Waals surface area (Å²) in [6.07, 6.45) is -0.296. The number of halogens is 1. The second kappa shape index (κ2) is 5.69. The molecule has 3 heteroatoms. The lowest BCUT2D eigenvalue weighted by Gasteiger charge is -2.14. The molecule has 0 heterocycles. The number of hydrogen-bond acceptors (Lipinski definition) is 2. The zero-order valence-electron chi connectivity index (χ0n) is 9.97. The first-order chi connectivity index (χ1) is 8.68. The molecular weight excluding hydrogens is 248 g/mol. The van der Waals surface area contributed by atoms with Gasteiger partial charge in [0.25, 0.3) is 0 Å². The van der Waals surface area contributed by atoms with Crippen LogP contribution in [0.1, 0.15) is 28.9 Å². The summed E-state index contributed by atoms with van der Waals surface area (Å²) in [5, 5.41) is 0.405. The summed E-state index contributed by atoms with van der Waals surface area (Å²) in [6, 6.07) is 16.5. The van der Waals surface area contributed by atoms with Crippen molar-refractivity contribution in [3.63, 3.8) is 0 Å². The Morgan fingerprint density at radius 3 is 2.33 bits per heavy atom. The van der Waals surface area contributed by atoms with Crippen LogP contribution in [-0.4, -0.2) is 5.97 Å². The van der Waals surface area contributed by atoms with Crippen molar-refractivity contribution in [1.29, 1.82) is 0 Å². The minimum atomic E-state index is -0.406. The third kappa shape index (κ3) is 2.90. The Kier molecular flexibility index (Phi) is 4.00. The van der Waals surface area contributed by atoms with Crippen LogP contribution in [0.2, 0.25) is 5.02 Å². The van der Waals surface area contributed by atoms with Crippen molar-refractivity contribution in [3.8, 4) is 0 Å². The van der Waals surface area contributed by atoms with E-state index in [0.717, 1.165) is 5.56 Å². The second-order valence-corrected chi connectivity index (χ2v) is 4.35. The maximum Gasteiger partial charge on any atom is 0.340 e. The first kappa shape index (κ1) is 12.7. The summed E-state index contributed by atoms with van der Waals surface area (Å²) in [5.41, 5.74) is 1.35. The Morgan fingerprint density at radius 2 is 1.67 bits per heavy atom. The van der Waals surface area contributed by atoms with Crippen LogP contribution in [0.25, 0.3) is 0 Å². The summed E-state index contributed by atoms with van der Waals surface area (Å²) >= 11 is 5.95. The van der Waals surface area contributed by atoms with E-state index in [9.17, 15) is 4.79 Å². The van der Waals surface area contributed by atoms with E-state index in [1.807, 2.05) is 37.3 Å². The predicted molar refractivity (Wildman–Crippen MR) is 71.7 cm³/mol. The number of carbonyl (C=O) groups excluding carboxylic acids is 1. The Morgan fingerprint density at radius 1 is 1.06 bits per heavy atom. The Labute approximate surface area is 111 Å². The molecule has 0 aromatic heterocycles. The molecule has 0 bridgehead atoms. The summed E-state index contributed by atoms with van der Waals surface area (Å²) in [6.45, 7) is 1.84. The highest BCUT2D eigenvalue weighted by molar-refractivity contribution is 6.33. The molecule has 0 fully saturated rings. The molecule has 0 aliphatic carbocycles. The molecule has 0 radical (unpaired) electrons. The minimum absolute atomic E-state index is 0.296. The monoisotopic (exact) mass is 260 g/mol. The lowest BCUT2D eigenvalue weighted by Crippen LogP contribution is -2.09. The van der Waals surface area contributed by atoms with E-state index in [2.05, 4.69) is 0 Å². The molecule has 2 rings (SSSR count). The highest BCUT2D eigenvalue weighted by atomic mass is 35.5. The van der Waals surface area contributed by atoms with E-state index in [1.54, 1.807) is 24.3 Å². The SMILES string of the molecule is CC(OC(=O)c1ccccc1Cl)c1ccccc1. The Bertz CT molecular complexity index is 537. The predicted octanol–water partition coefficient (Wildman–Crippen LogP) is 4.26. The van der Waals surface area contributed by atoms with Crippen LogP contribution >= 0.6 is 11.6 Å². The Hall–Kier alpha value is -1.80. The standard InChI is InChI=1S/C15H13ClO2/c1-11(12-7-3-2-4-8-12)18-15(17)13-9-5-6-10-14(13)16/h2-11H,1H3. The van der Waals surface area contributed by atoms with Crippen LogP contribution < -0.4 is 0 Å². The van der Waals surface area contributed by atoms with Gasteiger partial charge in [0.1, 0.15) is 6.10 Å². The van der Waals surface area contributed by atoms with Crippen molar-refractivity contribution in [2.24, 2.45) is 0 Å². The van der Waals surface area contributed by atoms with Crippen molar-refractivity contribution >= 4 is 17.6 Å². The lowest BCUT2D eigenvalue weighted by atomic mass is 10.1. The van der Waals surface area contributed by atoms with Crippen molar-refractivity contribution in [2.75, 3.05) is 0 Å². The number of rotatable bonds is 3. The van der Waals surface area contributed by atoms with Gasteiger partial charge in [-0.1, -0.05) is 54.1 Å². The normalized spacial score (nSPS) is 11.9. The average molecular weight is 261 g/mol. The molecular formula is C15H13ClO2. The van der Waals surface area contributed by atoms with Gasteiger partial charge in [-0.05, 0) is 24.6 Å². The van der Waals surface area contributed by atoms with Gasteiger partial charge in [0.15, 0.2) is 0 Å². The quantitative estimate of drug-likeness (QED) is 0.771. The van der Waals surface area contributed by atoms with Gasteiger partial charge < -0.3 is 4.74 Å². The molecule has 0 amide bonds. The van der Waals surface area contributed by atoms with Gasteiger partial charge in [-0.3, -0.25) is 0 Å². The summed E-state index contributed by atoms with van der Waals surface area (Å²) in [4.78, 5) is 11.9. The number of carbonyl (C=O) groups is 1. The molecule has 0 saturated carbocycles. The number of benzene rings is 2. The topological polar surface area (TPSA) is 26.3 Å². The largest absolute Gasteiger partial charge is 0.454 e. The first-order valence-corrected chi connectivity index (χ1v) is 6.06. The number of hydrogen-bond donors (Lipinski definition) is 0. The van der Waals surface area contributed by atoms with Gasteiger partial charge >= 0.3 is 5.97 Å². The maximum atomic E-state index is 11.9. The van der Waals surface area contributed by atoms with Gasteiger partial charge in [0.2, 0.25) is 0 Å². The van der Waals surface area contributed by atoms with Crippen molar-refractivity contribution in [1.82, 2.24) is 0 Å². The van der Waals surface area contributed by atoms with E-state index in [-0.39, 0.29) is 6.10 Å². The molecule has 0 aliphatic heterocycles. The lowest BCUT2D eigenvalue weighted by molar-refractivity contribution is 0.0338. The molecule has 18 heavy (non-hydrogen) atoms. The summed E-state index contributed by atoms with van der Waals surface area (Å²) < 4.78 is 5.38. The smallest absolute Gasteiger partial charge is 0.340 e. The van der Waals surface area contributed by atoms with Crippen molar-refractivity contribution in [3.05, 3.63) is 70.7 Å². The molecule has 0 N–H and O–H groups in total. The fourth-order valence-electron chi connectivity index (χ4n) is 1.64. The highest BCUT2D eigenvalue weighted by Crippen LogP contribution is 2.21. The van der Waals surface area contributed by atoms with Gasteiger partial charge in [-0.2, -0.15) is 0 Å². The molecule has 1 atom stereocenters. The molecule has 1 unspecified atom stereocenters. The molecule has 2 nitrogen and oxygen atoms in total. The van der Waals surface area contributed by atoms with Gasteiger partial charge in [-0.25, -0.2) is 4.79 Å². The molecule has 92 valence electrons. The average Bonchev–Trinajstić information content (AvgIpc) is 2.40. The summed E-state index contributed by atoms with van der Waals surface area (Å²) in [5.74, 6) is -0.406. The van der Waals surface area contributed by atoms with Crippen molar-refractivity contribution in [2.45, 2.75) is 13.0 Å². The fraction of sp³-hybridized carbons (Fsp3) is 0.133. The van der Waals surface area contributed by atoms with E-state index in [1.165, 1.54) is 0 Å². The van der Waals surface area contributed by atoms with E-state index >= 15 is 0 Å². The molecule has 0 saturated heterocycles. The molecule has 2 aromatic carbocycles. The highest BCUT2D eigenvalue weighted by Gasteiger charge is 2.15. The molecule has 0 aliphatic rings. The van der Waals surface area contributed by atoms with Gasteiger partial charge in [0.05, 0.1) is 10.6 Å². The van der Waals surface area contributed by atoms with Crippen LogP contribution in [0, 0.1) is 0 Å². The second-order valence-electron chi connectivity index (χ2n) is 3.94. The van der Waals surface area contributed by atoms with Crippen LogP contribution in [0.15, 0.2) is 54.6 Å². The van der Waals surface area contributed by atoms with E-state index in [4.69, 9.17) is 16.3 Å². The third-order valence-electron chi connectivity index (χ3n) is 2.65. The zero-order chi connectivity index (χ0) is 13.0. The Balaban J connectivity index is 2.11. The van der Waals surface area contributed by atoms with Crippen LogP contribution in [0.5, 0.6) is 0 Å². The summed E-state index contributed by atoms with van der Waals surface area (Å²) in [7, 11) is 0. The van der Waals surface area contributed by atoms with Gasteiger partial charge in [0, 0.05) is 0 Å². The van der Waals surface area contributed by atoms with Crippen molar-refractivity contribution < 1.29 is 9.53 Å². The van der Waals surface area contributed by atoms with E-state index < -0.39 is 5.97 Å². The zero-order valence-corrected chi connectivity index (χ0v) is 10.7. The number of esters is 1. The van der Waals surface area contributed by atoms with Crippen LogP contribution in [-0.2, 0) is 4.74 Å². The van der Waals surface area contributed by atoms with Gasteiger partial charge in [-0.15, -0.1) is 0 Å². The maximum absolute atomic E-state index is 11.9. The molecule has 2 aromatic rings. The van der Waals surface area contributed by atoms with E-state index in [0.29, 0.717) is 10.6 Å². The number of ether oxygens (including phenoxy) is 1. The minimum Gasteiger partial charge on any atom is -0.454 e. The third-order valence-corrected chi connectivity index (χ3v) is 2.98. The van der Waals surface area contributed by atoms with Crippen LogP contribution in [0.3, 0.4) is 0 Å². The fourth-order valence-corrected chi connectivity index (χ4v) is 1.86. The molecule has 0 spiro atoms. The van der Waals surface area contributed by atoms with Crippen LogP contribution in [0.4, 0.5) is 0 Å². The first-order valence-electron chi connectivity index (χ1n) is 5.69.